The molecule has 2 heterocycles. The fraction of sp³-hybridized carbons (Fsp3) is 0.433. The monoisotopic (exact) mass is 416 g/mol. The number of hydrogen-bond donors (Lipinski definition) is 0. The Bertz CT molecular complexity index is 943. The molecule has 1 unspecified atom stereocenters. The normalized spacial score (nSPS) is 20.5. The standard InChI is InChI=1S/C28H36N.C2H6/c1-7-8-12-24-13-9-10-15-26(24)25-14-11-18-28(5,6)23(4)29-20-21(2)16-17-27(29)22(3)19-25;1-2/h9-11,13-17,19-20,23H,3,7-8,12,18H2,1-2,4-6H3;1-2H3/q+1;/b14-11-,25-19+;. The Morgan fingerprint density at radius 2 is 1.81 bits per heavy atom. The Hall–Kier alpha value is -2.41. The highest BCUT2D eigenvalue weighted by Gasteiger charge is 2.34. The van der Waals surface area contributed by atoms with Crippen LogP contribution in [0.2, 0.25) is 0 Å². The molecule has 0 aliphatic carbocycles. The van der Waals surface area contributed by atoms with E-state index in [2.05, 4.69) is 107 Å². The molecule has 3 rings (SSSR count). The van der Waals surface area contributed by atoms with Crippen LogP contribution in [0.25, 0.3) is 11.1 Å². The molecular formula is C30H42N+. The van der Waals surface area contributed by atoms with Crippen LogP contribution in [0.4, 0.5) is 0 Å². The van der Waals surface area contributed by atoms with Crippen molar-refractivity contribution in [2.24, 2.45) is 5.41 Å². The molecule has 31 heavy (non-hydrogen) atoms. The fourth-order valence-electron chi connectivity index (χ4n) is 4.12. The third kappa shape index (κ3) is 6.06. The van der Waals surface area contributed by atoms with Crippen molar-refractivity contribution in [2.45, 2.75) is 80.2 Å². The van der Waals surface area contributed by atoms with Crippen molar-refractivity contribution in [1.29, 1.82) is 0 Å². The molecule has 1 nitrogen and oxygen atoms in total. The van der Waals surface area contributed by atoms with Crippen molar-refractivity contribution < 1.29 is 4.57 Å². The Morgan fingerprint density at radius 3 is 2.52 bits per heavy atom. The van der Waals surface area contributed by atoms with Crippen molar-refractivity contribution in [3.8, 4) is 0 Å². The van der Waals surface area contributed by atoms with Crippen molar-refractivity contribution in [2.75, 3.05) is 0 Å². The molecule has 1 heteroatoms. The van der Waals surface area contributed by atoms with Gasteiger partial charge in [0.25, 0.3) is 0 Å². The van der Waals surface area contributed by atoms with Crippen LogP contribution in [0, 0.1) is 12.3 Å². The molecule has 1 aromatic carbocycles. The molecule has 1 aliphatic heterocycles. The summed E-state index contributed by atoms with van der Waals surface area (Å²) in [5.41, 5.74) is 7.73. The first kappa shape index (κ1) is 24.9. The minimum Gasteiger partial charge on any atom is -0.195 e. The first-order valence-corrected chi connectivity index (χ1v) is 12.0. The number of aryl methyl sites for hydroxylation is 2. The SMILES string of the molecule is C=C1/C=C(c2ccccc2CCCC)\C=C/CC(C)(C)C(C)[n+]2cc(C)ccc21.CC. The lowest BCUT2D eigenvalue weighted by molar-refractivity contribution is -0.734. The third-order valence-corrected chi connectivity index (χ3v) is 6.40. The smallest absolute Gasteiger partial charge is 0.195 e. The summed E-state index contributed by atoms with van der Waals surface area (Å²) in [6.45, 7) is 20.0. The van der Waals surface area contributed by atoms with Crippen molar-refractivity contribution in [3.05, 3.63) is 89.8 Å². The molecule has 1 aliphatic rings. The van der Waals surface area contributed by atoms with Gasteiger partial charge < -0.3 is 0 Å². The van der Waals surface area contributed by atoms with Crippen molar-refractivity contribution in [3.63, 3.8) is 0 Å². The van der Waals surface area contributed by atoms with E-state index in [4.69, 9.17) is 0 Å². The van der Waals surface area contributed by atoms with E-state index in [1.54, 1.807) is 0 Å². The van der Waals surface area contributed by atoms with Gasteiger partial charge in [-0.1, -0.05) is 84.0 Å². The van der Waals surface area contributed by atoms with Gasteiger partial charge in [-0.2, -0.15) is 4.57 Å². The van der Waals surface area contributed by atoms with Crippen LogP contribution in [-0.4, -0.2) is 0 Å². The Labute approximate surface area is 191 Å². The molecule has 2 aromatic rings. The summed E-state index contributed by atoms with van der Waals surface area (Å²) in [6, 6.07) is 13.7. The van der Waals surface area contributed by atoms with E-state index in [0.717, 1.165) is 18.4 Å². The van der Waals surface area contributed by atoms with Gasteiger partial charge in [-0.05, 0) is 62.0 Å². The molecule has 0 saturated carbocycles. The first-order valence-electron chi connectivity index (χ1n) is 12.0. The minimum absolute atomic E-state index is 0.147. The van der Waals surface area contributed by atoms with Crippen molar-refractivity contribution >= 4 is 11.1 Å². The van der Waals surface area contributed by atoms with Crippen LogP contribution in [0.3, 0.4) is 0 Å². The van der Waals surface area contributed by atoms with Gasteiger partial charge in [0.2, 0.25) is 5.69 Å². The summed E-state index contributed by atoms with van der Waals surface area (Å²) in [4.78, 5) is 0. The number of hydrogen-bond acceptors (Lipinski definition) is 0. The molecule has 0 fully saturated rings. The number of fused-ring (bicyclic) bond motifs is 1. The largest absolute Gasteiger partial charge is 0.212 e. The topological polar surface area (TPSA) is 3.88 Å². The van der Waals surface area contributed by atoms with Crippen LogP contribution in [-0.2, 0) is 6.42 Å². The molecule has 0 N–H and O–H groups in total. The van der Waals surface area contributed by atoms with E-state index in [0.29, 0.717) is 6.04 Å². The van der Waals surface area contributed by atoms with Gasteiger partial charge in [-0.3, -0.25) is 0 Å². The molecular weight excluding hydrogens is 374 g/mol. The molecule has 1 aromatic heterocycles. The molecule has 0 bridgehead atoms. The lowest BCUT2D eigenvalue weighted by Crippen LogP contribution is -2.48. The maximum atomic E-state index is 4.48. The van der Waals surface area contributed by atoms with Gasteiger partial charge in [0.1, 0.15) is 0 Å². The summed E-state index contributed by atoms with van der Waals surface area (Å²) in [5.74, 6) is 0. The Morgan fingerprint density at radius 1 is 1.10 bits per heavy atom. The van der Waals surface area contributed by atoms with Gasteiger partial charge in [0.15, 0.2) is 12.2 Å². The lowest BCUT2D eigenvalue weighted by Gasteiger charge is -2.28. The predicted octanol–water partition coefficient (Wildman–Crippen LogP) is 8.30. The van der Waals surface area contributed by atoms with Crippen LogP contribution in [0.5, 0.6) is 0 Å². The number of aromatic nitrogens is 1. The minimum atomic E-state index is 0.147. The maximum Gasteiger partial charge on any atom is 0.212 e. The second-order valence-electron chi connectivity index (χ2n) is 9.16. The van der Waals surface area contributed by atoms with Gasteiger partial charge in [-0.15, -0.1) is 0 Å². The second-order valence-corrected chi connectivity index (χ2v) is 9.16. The second kappa shape index (κ2) is 11.3. The zero-order valence-corrected chi connectivity index (χ0v) is 20.8. The summed E-state index contributed by atoms with van der Waals surface area (Å²) in [5, 5.41) is 0. The number of allylic oxidation sites excluding steroid dienone is 5. The predicted molar refractivity (Wildman–Crippen MR) is 137 cm³/mol. The summed E-state index contributed by atoms with van der Waals surface area (Å²) in [7, 11) is 0. The van der Waals surface area contributed by atoms with E-state index in [9.17, 15) is 0 Å². The van der Waals surface area contributed by atoms with E-state index in [1.165, 1.54) is 40.8 Å². The number of unbranched alkanes of at least 4 members (excludes halogenated alkanes) is 1. The molecule has 0 spiro atoms. The zero-order valence-electron chi connectivity index (χ0n) is 20.8. The lowest BCUT2D eigenvalue weighted by atomic mass is 9.80. The first-order chi connectivity index (χ1) is 14.8. The van der Waals surface area contributed by atoms with Crippen LogP contribution < -0.4 is 4.57 Å². The molecule has 166 valence electrons. The average Bonchev–Trinajstić information content (AvgIpc) is 2.77. The Balaban J connectivity index is 0.00000166. The molecule has 0 amide bonds. The molecule has 0 radical (unpaired) electrons. The third-order valence-electron chi connectivity index (χ3n) is 6.40. The number of nitrogens with zero attached hydrogens (tertiary/aromatic N) is 1. The molecule has 0 saturated heterocycles. The summed E-state index contributed by atoms with van der Waals surface area (Å²) >= 11 is 0. The molecule has 1 atom stereocenters. The van der Waals surface area contributed by atoms with Crippen LogP contribution >= 0.6 is 0 Å². The Kier molecular flexibility index (Phi) is 9.04. The van der Waals surface area contributed by atoms with E-state index >= 15 is 0 Å². The van der Waals surface area contributed by atoms with Crippen LogP contribution in [0.1, 0.15) is 89.2 Å². The van der Waals surface area contributed by atoms with Crippen molar-refractivity contribution in [1.82, 2.24) is 0 Å². The average molecular weight is 417 g/mol. The highest BCUT2D eigenvalue weighted by molar-refractivity contribution is 5.86. The zero-order chi connectivity index (χ0) is 23.0. The quantitative estimate of drug-likeness (QED) is 0.441. The summed E-state index contributed by atoms with van der Waals surface area (Å²) in [6.07, 6.45) is 13.8. The van der Waals surface area contributed by atoms with Gasteiger partial charge in [0.05, 0.1) is 0 Å². The van der Waals surface area contributed by atoms with E-state index < -0.39 is 0 Å². The highest BCUT2D eigenvalue weighted by atomic mass is 15.0. The van der Waals surface area contributed by atoms with Gasteiger partial charge in [-0.25, -0.2) is 0 Å². The fourth-order valence-corrected chi connectivity index (χ4v) is 4.12. The van der Waals surface area contributed by atoms with Gasteiger partial charge in [0, 0.05) is 22.6 Å². The number of benzene rings is 1. The highest BCUT2D eigenvalue weighted by Crippen LogP contribution is 2.35. The summed E-state index contributed by atoms with van der Waals surface area (Å²) < 4.78 is 2.42. The van der Waals surface area contributed by atoms with E-state index in [1.807, 2.05) is 13.8 Å². The van der Waals surface area contributed by atoms with Crippen LogP contribution in [0.15, 0.2) is 67.4 Å². The maximum absolute atomic E-state index is 4.48. The van der Waals surface area contributed by atoms with Gasteiger partial charge >= 0.3 is 0 Å². The van der Waals surface area contributed by atoms with E-state index in [-0.39, 0.29) is 5.41 Å². The number of rotatable bonds is 4. The number of pyridine rings is 1.